The van der Waals surface area contributed by atoms with Crippen molar-refractivity contribution in [2.45, 2.75) is 26.8 Å². The summed E-state index contributed by atoms with van der Waals surface area (Å²) in [5, 5.41) is 4.39. The first kappa shape index (κ1) is 12.3. The Morgan fingerprint density at radius 1 is 1.24 bits per heavy atom. The Kier molecular flexibility index (Phi) is 3.92. The van der Waals surface area contributed by atoms with Crippen LogP contribution in [0.5, 0.6) is 0 Å². The van der Waals surface area contributed by atoms with E-state index in [-0.39, 0.29) is 0 Å². The van der Waals surface area contributed by atoms with Crippen LogP contribution < -0.4 is 5.32 Å². The van der Waals surface area contributed by atoms with Crippen molar-refractivity contribution in [3.8, 4) is 0 Å². The molecule has 2 rings (SSSR count). The minimum atomic E-state index is 0.914. The van der Waals surface area contributed by atoms with E-state index in [1.807, 2.05) is 18.4 Å². The molecule has 3 heteroatoms. The highest BCUT2D eigenvalue weighted by molar-refractivity contribution is 7.11. The molecule has 1 aromatic heterocycles. The number of rotatable bonds is 4. The number of hydrogen-bond donors (Lipinski definition) is 1. The van der Waals surface area contributed by atoms with Crippen LogP contribution in [0, 0.1) is 13.8 Å². The predicted octanol–water partition coefficient (Wildman–Crippen LogP) is 3.07. The number of nitrogens with one attached hydrogen (secondary N) is 1. The van der Waals surface area contributed by atoms with Crippen LogP contribution in [0.1, 0.15) is 26.7 Å². The summed E-state index contributed by atoms with van der Waals surface area (Å²) in [6, 6.07) is 8.52. The summed E-state index contributed by atoms with van der Waals surface area (Å²) < 4.78 is 0. The fraction of sp³-hybridized carbons (Fsp3) is 0.357. The summed E-state index contributed by atoms with van der Waals surface area (Å²) in [6.07, 6.45) is 0.946. The third kappa shape index (κ3) is 2.93. The van der Waals surface area contributed by atoms with Crippen molar-refractivity contribution >= 4 is 11.3 Å². The van der Waals surface area contributed by atoms with Gasteiger partial charge in [-0.2, -0.15) is 0 Å². The summed E-state index contributed by atoms with van der Waals surface area (Å²) in [5.41, 5.74) is 3.88. The fourth-order valence-corrected chi connectivity index (χ4v) is 2.96. The van der Waals surface area contributed by atoms with Crippen molar-refractivity contribution in [1.82, 2.24) is 10.3 Å². The molecule has 0 fully saturated rings. The molecule has 1 heterocycles. The molecule has 0 aliphatic carbocycles. The molecular weight excluding hydrogens is 228 g/mol. The largest absolute Gasteiger partial charge is 0.315 e. The first-order chi connectivity index (χ1) is 8.20. The zero-order chi connectivity index (χ0) is 12.3. The highest BCUT2D eigenvalue weighted by Gasteiger charge is 2.08. The van der Waals surface area contributed by atoms with E-state index in [0.29, 0.717) is 0 Å². The van der Waals surface area contributed by atoms with Gasteiger partial charge in [-0.25, -0.2) is 4.98 Å². The van der Waals surface area contributed by atoms with Crippen molar-refractivity contribution in [1.29, 1.82) is 0 Å². The summed E-state index contributed by atoms with van der Waals surface area (Å²) in [6.45, 7) is 5.16. The summed E-state index contributed by atoms with van der Waals surface area (Å²) >= 11 is 1.81. The topological polar surface area (TPSA) is 24.9 Å². The van der Waals surface area contributed by atoms with Crippen molar-refractivity contribution in [2.75, 3.05) is 7.05 Å². The van der Waals surface area contributed by atoms with E-state index in [1.165, 1.54) is 21.0 Å². The van der Waals surface area contributed by atoms with Crippen LogP contribution in [0.4, 0.5) is 0 Å². The first-order valence-electron chi connectivity index (χ1n) is 5.85. The Hall–Kier alpha value is -1.19. The second-order valence-electron chi connectivity index (χ2n) is 4.25. The maximum absolute atomic E-state index is 4.64. The molecule has 2 aromatic rings. The predicted molar refractivity (Wildman–Crippen MR) is 73.6 cm³/mol. The van der Waals surface area contributed by atoms with E-state index in [0.717, 1.165) is 18.7 Å². The number of hydrogen-bond acceptors (Lipinski definition) is 3. The zero-order valence-electron chi connectivity index (χ0n) is 10.6. The van der Waals surface area contributed by atoms with Gasteiger partial charge in [0.25, 0.3) is 0 Å². The molecule has 0 amide bonds. The molecule has 90 valence electrons. The standard InChI is InChI=1S/C14H18N2S/c1-10-6-4-5-7-12(10)8-14-16-11(2)13(17-14)9-15-3/h4-7,15H,8-9H2,1-3H3. The van der Waals surface area contributed by atoms with E-state index >= 15 is 0 Å². The maximum Gasteiger partial charge on any atom is 0.0975 e. The number of benzene rings is 1. The number of aryl methyl sites for hydroxylation is 2. The molecule has 0 saturated carbocycles. The van der Waals surface area contributed by atoms with Gasteiger partial charge < -0.3 is 5.32 Å². The van der Waals surface area contributed by atoms with Gasteiger partial charge in [-0.15, -0.1) is 11.3 Å². The van der Waals surface area contributed by atoms with Gasteiger partial charge in [0.2, 0.25) is 0 Å². The molecule has 17 heavy (non-hydrogen) atoms. The average Bonchev–Trinajstić information content (AvgIpc) is 2.63. The van der Waals surface area contributed by atoms with Gasteiger partial charge in [0.05, 0.1) is 10.7 Å². The van der Waals surface area contributed by atoms with Gasteiger partial charge in [0, 0.05) is 17.8 Å². The van der Waals surface area contributed by atoms with Crippen molar-refractivity contribution in [3.63, 3.8) is 0 Å². The third-order valence-corrected chi connectivity index (χ3v) is 4.03. The van der Waals surface area contributed by atoms with E-state index in [4.69, 9.17) is 0 Å². The lowest BCUT2D eigenvalue weighted by atomic mass is 10.1. The van der Waals surface area contributed by atoms with Crippen LogP contribution in [-0.2, 0) is 13.0 Å². The fourth-order valence-electron chi connectivity index (χ4n) is 1.86. The van der Waals surface area contributed by atoms with Gasteiger partial charge in [0.15, 0.2) is 0 Å². The highest BCUT2D eigenvalue weighted by atomic mass is 32.1. The molecule has 0 saturated heterocycles. The van der Waals surface area contributed by atoms with Crippen LogP contribution in [0.25, 0.3) is 0 Å². The SMILES string of the molecule is CNCc1sc(Cc2ccccc2C)nc1C. The second-order valence-corrected chi connectivity index (χ2v) is 5.42. The summed E-state index contributed by atoms with van der Waals surface area (Å²) in [7, 11) is 1.97. The van der Waals surface area contributed by atoms with Crippen LogP contribution in [0.15, 0.2) is 24.3 Å². The third-order valence-electron chi connectivity index (χ3n) is 2.88. The zero-order valence-corrected chi connectivity index (χ0v) is 11.4. The lowest BCUT2D eigenvalue weighted by Gasteiger charge is -2.01. The van der Waals surface area contributed by atoms with Crippen molar-refractivity contribution in [3.05, 3.63) is 51.0 Å². The van der Waals surface area contributed by atoms with Gasteiger partial charge in [-0.1, -0.05) is 24.3 Å². The normalized spacial score (nSPS) is 10.8. The molecule has 0 radical (unpaired) electrons. The molecule has 0 unspecified atom stereocenters. The van der Waals surface area contributed by atoms with Gasteiger partial charge >= 0.3 is 0 Å². The van der Waals surface area contributed by atoms with Gasteiger partial charge in [-0.3, -0.25) is 0 Å². The smallest absolute Gasteiger partial charge is 0.0975 e. The molecule has 0 spiro atoms. The minimum Gasteiger partial charge on any atom is -0.315 e. The number of nitrogens with zero attached hydrogens (tertiary/aromatic N) is 1. The molecule has 2 nitrogen and oxygen atoms in total. The van der Waals surface area contributed by atoms with Crippen LogP contribution in [0.3, 0.4) is 0 Å². The first-order valence-corrected chi connectivity index (χ1v) is 6.66. The second kappa shape index (κ2) is 5.43. The van der Waals surface area contributed by atoms with Crippen molar-refractivity contribution < 1.29 is 0 Å². The molecule has 0 bridgehead atoms. The highest BCUT2D eigenvalue weighted by Crippen LogP contribution is 2.21. The Bertz CT molecular complexity index is 503. The van der Waals surface area contributed by atoms with E-state index in [9.17, 15) is 0 Å². The van der Waals surface area contributed by atoms with E-state index in [1.54, 1.807) is 0 Å². The van der Waals surface area contributed by atoms with E-state index in [2.05, 4.69) is 48.4 Å². The molecule has 0 aliphatic heterocycles. The number of thiazole rings is 1. The van der Waals surface area contributed by atoms with Crippen LogP contribution in [0.2, 0.25) is 0 Å². The molecule has 1 N–H and O–H groups in total. The Morgan fingerprint density at radius 2 is 2.00 bits per heavy atom. The van der Waals surface area contributed by atoms with Crippen molar-refractivity contribution in [2.24, 2.45) is 0 Å². The Morgan fingerprint density at radius 3 is 2.71 bits per heavy atom. The molecule has 0 atom stereocenters. The molecular formula is C14H18N2S. The summed E-state index contributed by atoms with van der Waals surface area (Å²) in [4.78, 5) is 5.99. The molecule has 0 aliphatic rings. The quantitative estimate of drug-likeness (QED) is 0.897. The maximum atomic E-state index is 4.64. The summed E-state index contributed by atoms with van der Waals surface area (Å²) in [5.74, 6) is 0. The monoisotopic (exact) mass is 246 g/mol. The van der Waals surface area contributed by atoms with E-state index < -0.39 is 0 Å². The lowest BCUT2D eigenvalue weighted by Crippen LogP contribution is -2.04. The Labute approximate surface area is 107 Å². The Balaban J connectivity index is 2.19. The average molecular weight is 246 g/mol. The lowest BCUT2D eigenvalue weighted by molar-refractivity contribution is 0.822. The number of aromatic nitrogens is 1. The van der Waals surface area contributed by atoms with Gasteiger partial charge in [0.1, 0.15) is 0 Å². The van der Waals surface area contributed by atoms with Crippen LogP contribution >= 0.6 is 11.3 Å². The molecule has 1 aromatic carbocycles. The van der Waals surface area contributed by atoms with Crippen LogP contribution in [-0.4, -0.2) is 12.0 Å². The van der Waals surface area contributed by atoms with Gasteiger partial charge in [-0.05, 0) is 32.0 Å². The minimum absolute atomic E-state index is 0.914.